The second-order valence-electron chi connectivity index (χ2n) is 7.69. The number of aromatic nitrogens is 3. The molecule has 1 N–H and O–H groups in total. The fourth-order valence-electron chi connectivity index (χ4n) is 3.99. The highest BCUT2D eigenvalue weighted by molar-refractivity contribution is 6.05. The summed E-state index contributed by atoms with van der Waals surface area (Å²) < 4.78 is 7.01. The highest BCUT2D eigenvalue weighted by atomic mass is 16.5. The number of carbonyl (C=O) groups is 2. The zero-order valence-corrected chi connectivity index (χ0v) is 16.7. The number of piperidine rings is 1. The maximum absolute atomic E-state index is 12.6. The standard InChI is InChI=1S/C20H27N5O3/c1-4-28-20(27)15-11-21-18-16(12(2)23-24(18)3)17(15)25-9-7-14(8-10-25)22-19(26)13-5-6-13/h11,13-14H,4-10H2,1-3H3,(H,22,26). The molecule has 8 heteroatoms. The van der Waals surface area contributed by atoms with Crippen LogP contribution in [-0.2, 0) is 16.6 Å². The first-order valence-electron chi connectivity index (χ1n) is 10.0. The van der Waals surface area contributed by atoms with Crippen molar-refractivity contribution in [2.24, 2.45) is 13.0 Å². The van der Waals surface area contributed by atoms with E-state index in [0.29, 0.717) is 12.2 Å². The molecule has 4 rings (SSSR count). The van der Waals surface area contributed by atoms with E-state index in [9.17, 15) is 9.59 Å². The number of nitrogens with one attached hydrogen (secondary N) is 1. The number of esters is 1. The Balaban J connectivity index is 1.62. The van der Waals surface area contributed by atoms with Crippen molar-refractivity contribution in [3.05, 3.63) is 17.5 Å². The number of carbonyl (C=O) groups excluding carboxylic acids is 2. The van der Waals surface area contributed by atoms with Crippen LogP contribution in [0.4, 0.5) is 5.69 Å². The molecule has 3 heterocycles. The average Bonchev–Trinajstić information content (AvgIpc) is 3.49. The minimum atomic E-state index is -0.362. The number of amides is 1. The Morgan fingerprint density at radius 3 is 2.61 bits per heavy atom. The number of nitrogens with zero attached hydrogens (tertiary/aromatic N) is 4. The van der Waals surface area contributed by atoms with E-state index in [0.717, 1.165) is 61.2 Å². The van der Waals surface area contributed by atoms with Crippen LogP contribution in [0.2, 0.25) is 0 Å². The molecule has 0 bridgehead atoms. The summed E-state index contributed by atoms with van der Waals surface area (Å²) in [6.07, 6.45) is 5.33. The van der Waals surface area contributed by atoms with Crippen LogP contribution in [0.3, 0.4) is 0 Å². The lowest BCUT2D eigenvalue weighted by Crippen LogP contribution is -2.45. The molecule has 2 aromatic rings. The number of pyridine rings is 1. The van der Waals surface area contributed by atoms with Gasteiger partial charge in [-0.25, -0.2) is 9.78 Å². The Labute approximate surface area is 164 Å². The number of hydrogen-bond donors (Lipinski definition) is 1. The van der Waals surface area contributed by atoms with Crippen molar-refractivity contribution < 1.29 is 14.3 Å². The molecule has 2 aliphatic rings. The van der Waals surface area contributed by atoms with Crippen molar-refractivity contribution in [2.75, 3.05) is 24.6 Å². The maximum Gasteiger partial charge on any atom is 0.341 e. The summed E-state index contributed by atoms with van der Waals surface area (Å²) in [4.78, 5) is 31.3. The Morgan fingerprint density at radius 1 is 1.25 bits per heavy atom. The van der Waals surface area contributed by atoms with Gasteiger partial charge in [-0.1, -0.05) is 0 Å². The number of ether oxygens (including phenoxy) is 1. The minimum Gasteiger partial charge on any atom is -0.462 e. The number of aryl methyl sites for hydroxylation is 2. The van der Waals surface area contributed by atoms with Gasteiger partial charge in [-0.05, 0) is 39.5 Å². The molecule has 1 saturated heterocycles. The molecule has 1 aliphatic heterocycles. The molecular weight excluding hydrogens is 358 g/mol. The summed E-state index contributed by atoms with van der Waals surface area (Å²) in [6.45, 7) is 5.57. The molecule has 0 spiro atoms. The van der Waals surface area contributed by atoms with E-state index in [4.69, 9.17) is 4.74 Å². The molecule has 1 saturated carbocycles. The number of anilines is 1. The third kappa shape index (κ3) is 3.43. The number of fused-ring (bicyclic) bond motifs is 1. The fourth-order valence-corrected chi connectivity index (χ4v) is 3.99. The Morgan fingerprint density at radius 2 is 1.96 bits per heavy atom. The quantitative estimate of drug-likeness (QED) is 0.792. The summed E-state index contributed by atoms with van der Waals surface area (Å²) in [6, 6.07) is 0.197. The lowest BCUT2D eigenvalue weighted by Gasteiger charge is -2.35. The summed E-state index contributed by atoms with van der Waals surface area (Å²) in [5.74, 6) is 0.0608. The molecule has 8 nitrogen and oxygen atoms in total. The van der Waals surface area contributed by atoms with Crippen LogP contribution in [0.1, 0.15) is 48.7 Å². The highest BCUT2D eigenvalue weighted by Gasteiger charge is 2.33. The SMILES string of the molecule is CCOC(=O)c1cnc2c(c(C)nn2C)c1N1CCC(NC(=O)C2CC2)CC1. The number of hydrogen-bond acceptors (Lipinski definition) is 6. The van der Waals surface area contributed by atoms with Crippen LogP contribution in [0.5, 0.6) is 0 Å². The van der Waals surface area contributed by atoms with Crippen LogP contribution in [-0.4, -0.2) is 52.4 Å². The van der Waals surface area contributed by atoms with Crippen molar-refractivity contribution in [2.45, 2.75) is 45.6 Å². The maximum atomic E-state index is 12.6. The van der Waals surface area contributed by atoms with Gasteiger partial charge in [0.1, 0.15) is 5.56 Å². The molecule has 0 aromatic carbocycles. The molecule has 150 valence electrons. The van der Waals surface area contributed by atoms with E-state index in [1.54, 1.807) is 17.8 Å². The number of rotatable bonds is 5. The van der Waals surface area contributed by atoms with Gasteiger partial charge in [0.05, 0.1) is 23.4 Å². The predicted molar refractivity (Wildman–Crippen MR) is 105 cm³/mol. The first kappa shape index (κ1) is 18.7. The van der Waals surface area contributed by atoms with Crippen LogP contribution >= 0.6 is 0 Å². The van der Waals surface area contributed by atoms with Gasteiger partial charge in [0.25, 0.3) is 0 Å². The van der Waals surface area contributed by atoms with Crippen LogP contribution in [0, 0.1) is 12.8 Å². The van der Waals surface area contributed by atoms with E-state index in [1.165, 1.54) is 0 Å². The van der Waals surface area contributed by atoms with Gasteiger partial charge in [0, 0.05) is 38.3 Å². The van der Waals surface area contributed by atoms with Crippen LogP contribution < -0.4 is 10.2 Å². The van der Waals surface area contributed by atoms with Crippen molar-refractivity contribution in [3.63, 3.8) is 0 Å². The molecule has 2 aromatic heterocycles. The monoisotopic (exact) mass is 385 g/mol. The smallest absolute Gasteiger partial charge is 0.341 e. The lowest BCUT2D eigenvalue weighted by molar-refractivity contribution is -0.123. The summed E-state index contributed by atoms with van der Waals surface area (Å²) >= 11 is 0. The van der Waals surface area contributed by atoms with Crippen LogP contribution in [0.25, 0.3) is 11.0 Å². The van der Waals surface area contributed by atoms with Gasteiger partial charge in [0.15, 0.2) is 5.65 Å². The van der Waals surface area contributed by atoms with Gasteiger partial charge in [-0.3, -0.25) is 9.48 Å². The summed E-state index contributed by atoms with van der Waals surface area (Å²) in [7, 11) is 1.86. The fraction of sp³-hybridized carbons (Fsp3) is 0.600. The predicted octanol–water partition coefficient (Wildman–Crippen LogP) is 1.95. The summed E-state index contributed by atoms with van der Waals surface area (Å²) in [5, 5.41) is 8.57. The second-order valence-corrected chi connectivity index (χ2v) is 7.69. The molecule has 2 fully saturated rings. The van der Waals surface area contributed by atoms with E-state index in [1.807, 2.05) is 14.0 Å². The normalized spacial score (nSPS) is 17.8. The zero-order chi connectivity index (χ0) is 19.8. The van der Waals surface area contributed by atoms with Gasteiger partial charge >= 0.3 is 5.97 Å². The molecule has 0 radical (unpaired) electrons. The molecule has 1 aliphatic carbocycles. The zero-order valence-electron chi connectivity index (χ0n) is 16.7. The molecule has 28 heavy (non-hydrogen) atoms. The molecular formula is C20H27N5O3. The first-order chi connectivity index (χ1) is 13.5. The Bertz CT molecular complexity index is 910. The van der Waals surface area contributed by atoms with E-state index < -0.39 is 0 Å². The first-order valence-corrected chi connectivity index (χ1v) is 10.0. The Hall–Kier alpha value is -2.64. The third-order valence-corrected chi connectivity index (χ3v) is 5.60. The molecule has 1 amide bonds. The second kappa shape index (κ2) is 7.41. The van der Waals surface area contributed by atoms with Gasteiger partial charge in [-0.15, -0.1) is 0 Å². The van der Waals surface area contributed by atoms with Crippen molar-refractivity contribution in [1.29, 1.82) is 0 Å². The van der Waals surface area contributed by atoms with Crippen molar-refractivity contribution in [1.82, 2.24) is 20.1 Å². The van der Waals surface area contributed by atoms with E-state index in [-0.39, 0.29) is 23.8 Å². The van der Waals surface area contributed by atoms with E-state index >= 15 is 0 Å². The average molecular weight is 385 g/mol. The third-order valence-electron chi connectivity index (χ3n) is 5.60. The van der Waals surface area contributed by atoms with Crippen molar-refractivity contribution >= 4 is 28.6 Å². The lowest BCUT2D eigenvalue weighted by atomic mass is 10.0. The molecule has 0 unspecified atom stereocenters. The van der Waals surface area contributed by atoms with E-state index in [2.05, 4.69) is 20.3 Å². The minimum absolute atomic E-state index is 0.195. The van der Waals surface area contributed by atoms with Gasteiger partial charge < -0.3 is 15.0 Å². The Kier molecular flexibility index (Phi) is 4.95. The van der Waals surface area contributed by atoms with Gasteiger partial charge in [0.2, 0.25) is 5.91 Å². The largest absolute Gasteiger partial charge is 0.462 e. The topological polar surface area (TPSA) is 89.3 Å². The molecule has 0 atom stereocenters. The highest BCUT2D eigenvalue weighted by Crippen LogP contribution is 2.34. The van der Waals surface area contributed by atoms with Crippen molar-refractivity contribution in [3.8, 4) is 0 Å². The summed E-state index contributed by atoms with van der Waals surface area (Å²) in [5.41, 5.74) is 2.92. The van der Waals surface area contributed by atoms with Crippen LogP contribution in [0.15, 0.2) is 6.20 Å². The van der Waals surface area contributed by atoms with Gasteiger partial charge in [-0.2, -0.15) is 5.10 Å².